The lowest BCUT2D eigenvalue weighted by molar-refractivity contribution is 0.267. The maximum Gasteiger partial charge on any atom is 0.00922 e. The van der Waals surface area contributed by atoms with E-state index in [1.807, 2.05) is 13.8 Å². The Balaban J connectivity index is 0.000000561. The first-order chi connectivity index (χ1) is 5.88. The van der Waals surface area contributed by atoms with Crippen LogP contribution in [0.2, 0.25) is 0 Å². The van der Waals surface area contributed by atoms with Crippen LogP contribution in [0.1, 0.15) is 52.9 Å². The van der Waals surface area contributed by atoms with Crippen molar-refractivity contribution in [1.82, 2.24) is 5.32 Å². The number of rotatable bonds is 2. The Kier molecular flexibility index (Phi) is 7.58. The Bertz CT molecular complexity index is 79.0. The van der Waals surface area contributed by atoms with E-state index in [0.29, 0.717) is 0 Å². The molecule has 2 atom stereocenters. The molecule has 0 aromatic rings. The first kappa shape index (κ1) is 12.0. The van der Waals surface area contributed by atoms with Crippen molar-refractivity contribution in [3.8, 4) is 0 Å². The summed E-state index contributed by atoms with van der Waals surface area (Å²) in [5.74, 6) is 0.957. The van der Waals surface area contributed by atoms with Crippen molar-refractivity contribution in [2.75, 3.05) is 7.05 Å². The molecule has 2 unspecified atom stereocenters. The molecule has 0 saturated heterocycles. The van der Waals surface area contributed by atoms with Crippen LogP contribution in [0.5, 0.6) is 0 Å². The maximum atomic E-state index is 3.40. The lowest BCUT2D eigenvalue weighted by atomic mass is 9.83. The van der Waals surface area contributed by atoms with Crippen LogP contribution < -0.4 is 5.32 Å². The summed E-state index contributed by atoms with van der Waals surface area (Å²) in [5.41, 5.74) is 0. The van der Waals surface area contributed by atoms with Crippen LogP contribution in [0.25, 0.3) is 0 Å². The van der Waals surface area contributed by atoms with Crippen LogP contribution in [0.15, 0.2) is 0 Å². The molecule has 1 fully saturated rings. The molecule has 1 rings (SSSR count). The minimum absolute atomic E-state index is 0.818. The van der Waals surface area contributed by atoms with Crippen molar-refractivity contribution in [3.05, 3.63) is 0 Å². The molecule has 0 spiro atoms. The van der Waals surface area contributed by atoms with Crippen molar-refractivity contribution >= 4 is 0 Å². The van der Waals surface area contributed by atoms with E-state index in [9.17, 15) is 0 Å². The Morgan fingerprint density at radius 3 is 2.17 bits per heavy atom. The molecule has 0 aliphatic heterocycles. The lowest BCUT2D eigenvalue weighted by Gasteiger charge is -2.30. The third kappa shape index (κ3) is 3.57. The van der Waals surface area contributed by atoms with E-state index < -0.39 is 0 Å². The summed E-state index contributed by atoms with van der Waals surface area (Å²) in [5, 5.41) is 3.40. The molecule has 0 radical (unpaired) electrons. The van der Waals surface area contributed by atoms with Gasteiger partial charge in [0.2, 0.25) is 0 Å². The molecular formula is C11H25N. The van der Waals surface area contributed by atoms with Gasteiger partial charge in [-0.05, 0) is 25.8 Å². The fraction of sp³-hybridized carbons (Fsp3) is 1.00. The van der Waals surface area contributed by atoms with Crippen LogP contribution in [0.4, 0.5) is 0 Å². The highest BCUT2D eigenvalue weighted by Gasteiger charge is 2.21. The SMILES string of the molecule is CC.CCC1CCCCC1NC. The normalized spacial score (nSPS) is 29.0. The van der Waals surface area contributed by atoms with E-state index >= 15 is 0 Å². The summed E-state index contributed by atoms with van der Waals surface area (Å²) in [4.78, 5) is 0. The average Bonchev–Trinajstić information content (AvgIpc) is 2.20. The van der Waals surface area contributed by atoms with E-state index in [2.05, 4.69) is 19.3 Å². The second-order valence-electron chi connectivity index (χ2n) is 3.35. The van der Waals surface area contributed by atoms with Crippen molar-refractivity contribution in [3.63, 3.8) is 0 Å². The van der Waals surface area contributed by atoms with Crippen LogP contribution >= 0.6 is 0 Å². The van der Waals surface area contributed by atoms with E-state index in [4.69, 9.17) is 0 Å². The second kappa shape index (κ2) is 7.60. The fourth-order valence-electron chi connectivity index (χ4n) is 2.08. The van der Waals surface area contributed by atoms with Gasteiger partial charge in [0.05, 0.1) is 0 Å². The minimum Gasteiger partial charge on any atom is -0.317 e. The van der Waals surface area contributed by atoms with Gasteiger partial charge in [-0.1, -0.05) is 40.0 Å². The predicted molar refractivity (Wildman–Crippen MR) is 56.4 cm³/mol. The maximum absolute atomic E-state index is 3.40. The van der Waals surface area contributed by atoms with Gasteiger partial charge in [-0.15, -0.1) is 0 Å². The average molecular weight is 171 g/mol. The molecular weight excluding hydrogens is 146 g/mol. The highest BCUT2D eigenvalue weighted by Crippen LogP contribution is 2.26. The highest BCUT2D eigenvalue weighted by atomic mass is 14.9. The van der Waals surface area contributed by atoms with E-state index in [1.165, 1.54) is 32.1 Å². The third-order valence-electron chi connectivity index (χ3n) is 2.80. The van der Waals surface area contributed by atoms with Crippen LogP contribution in [0, 0.1) is 5.92 Å². The molecule has 1 N–H and O–H groups in total. The Morgan fingerprint density at radius 1 is 1.17 bits per heavy atom. The van der Waals surface area contributed by atoms with Crippen LogP contribution in [0.3, 0.4) is 0 Å². The van der Waals surface area contributed by atoms with Gasteiger partial charge < -0.3 is 5.32 Å². The summed E-state index contributed by atoms with van der Waals surface area (Å²) in [6, 6.07) is 0.818. The Hall–Kier alpha value is -0.0400. The van der Waals surface area contributed by atoms with Crippen LogP contribution in [-0.2, 0) is 0 Å². The van der Waals surface area contributed by atoms with Crippen molar-refractivity contribution in [2.24, 2.45) is 5.92 Å². The third-order valence-corrected chi connectivity index (χ3v) is 2.80. The molecule has 1 heteroatoms. The lowest BCUT2D eigenvalue weighted by Crippen LogP contribution is -2.35. The molecule has 12 heavy (non-hydrogen) atoms. The summed E-state index contributed by atoms with van der Waals surface area (Å²) in [7, 11) is 2.10. The van der Waals surface area contributed by atoms with Gasteiger partial charge >= 0.3 is 0 Å². The summed E-state index contributed by atoms with van der Waals surface area (Å²) >= 11 is 0. The molecule has 1 saturated carbocycles. The number of hydrogen-bond acceptors (Lipinski definition) is 1. The van der Waals surface area contributed by atoms with Crippen LogP contribution in [-0.4, -0.2) is 13.1 Å². The second-order valence-corrected chi connectivity index (χ2v) is 3.35. The van der Waals surface area contributed by atoms with Gasteiger partial charge in [0, 0.05) is 6.04 Å². The topological polar surface area (TPSA) is 12.0 Å². The van der Waals surface area contributed by atoms with Crippen molar-refractivity contribution in [1.29, 1.82) is 0 Å². The number of nitrogens with one attached hydrogen (secondary N) is 1. The Morgan fingerprint density at radius 2 is 1.75 bits per heavy atom. The molecule has 1 aliphatic rings. The smallest absolute Gasteiger partial charge is 0.00922 e. The number of hydrogen-bond donors (Lipinski definition) is 1. The summed E-state index contributed by atoms with van der Waals surface area (Å²) < 4.78 is 0. The first-order valence-corrected chi connectivity index (χ1v) is 5.55. The zero-order valence-electron chi connectivity index (χ0n) is 9.19. The predicted octanol–water partition coefficient (Wildman–Crippen LogP) is 3.20. The van der Waals surface area contributed by atoms with Gasteiger partial charge in [0.15, 0.2) is 0 Å². The molecule has 0 heterocycles. The van der Waals surface area contributed by atoms with Gasteiger partial charge in [0.25, 0.3) is 0 Å². The molecule has 0 amide bonds. The van der Waals surface area contributed by atoms with Crippen molar-refractivity contribution in [2.45, 2.75) is 58.9 Å². The standard InChI is InChI=1S/C9H19N.C2H6/c1-3-8-6-4-5-7-9(8)10-2;1-2/h8-10H,3-7H2,1-2H3;1-2H3. The van der Waals surface area contributed by atoms with E-state index in [-0.39, 0.29) is 0 Å². The molecule has 0 aromatic heterocycles. The molecule has 1 nitrogen and oxygen atoms in total. The molecule has 74 valence electrons. The summed E-state index contributed by atoms with van der Waals surface area (Å²) in [6.45, 7) is 6.31. The molecule has 0 bridgehead atoms. The quantitative estimate of drug-likeness (QED) is 0.673. The van der Waals surface area contributed by atoms with Gasteiger partial charge in [-0.3, -0.25) is 0 Å². The first-order valence-electron chi connectivity index (χ1n) is 5.55. The summed E-state index contributed by atoms with van der Waals surface area (Å²) in [6.07, 6.45) is 7.08. The highest BCUT2D eigenvalue weighted by molar-refractivity contribution is 4.78. The van der Waals surface area contributed by atoms with E-state index in [0.717, 1.165) is 12.0 Å². The van der Waals surface area contributed by atoms with Gasteiger partial charge in [-0.25, -0.2) is 0 Å². The zero-order valence-corrected chi connectivity index (χ0v) is 9.19. The van der Waals surface area contributed by atoms with Crippen molar-refractivity contribution < 1.29 is 0 Å². The zero-order chi connectivity index (χ0) is 9.40. The molecule has 0 aromatic carbocycles. The monoisotopic (exact) mass is 171 g/mol. The minimum atomic E-state index is 0.818. The van der Waals surface area contributed by atoms with Gasteiger partial charge in [0.1, 0.15) is 0 Å². The van der Waals surface area contributed by atoms with Gasteiger partial charge in [-0.2, -0.15) is 0 Å². The largest absolute Gasteiger partial charge is 0.317 e. The fourth-order valence-corrected chi connectivity index (χ4v) is 2.08. The Labute approximate surface area is 77.9 Å². The van der Waals surface area contributed by atoms with E-state index in [1.54, 1.807) is 0 Å². The molecule has 1 aliphatic carbocycles.